The number of carbonyl (C=O) groups is 1. The fourth-order valence-electron chi connectivity index (χ4n) is 6.32. The Labute approximate surface area is 142 Å². The first-order chi connectivity index (χ1) is 11.5. The van der Waals surface area contributed by atoms with Gasteiger partial charge < -0.3 is 15.3 Å². The minimum Gasteiger partial charge on any atom is -0.390 e. The first-order valence-electron chi connectivity index (χ1n) is 9.17. The molecular formula is C19H25N3O2. The molecule has 2 amide bonds. The average molecular weight is 327 g/mol. The molecule has 1 aromatic heterocycles. The monoisotopic (exact) mass is 327 g/mol. The zero-order valence-corrected chi connectivity index (χ0v) is 14.1. The highest BCUT2D eigenvalue weighted by atomic mass is 16.3. The van der Waals surface area contributed by atoms with Crippen molar-refractivity contribution in [3.63, 3.8) is 0 Å². The minimum absolute atomic E-state index is 0.0471. The van der Waals surface area contributed by atoms with Gasteiger partial charge in [0.1, 0.15) is 0 Å². The summed E-state index contributed by atoms with van der Waals surface area (Å²) in [5.41, 5.74) is 0.232. The van der Waals surface area contributed by atoms with Crippen molar-refractivity contribution in [1.29, 1.82) is 0 Å². The number of aliphatic hydroxyl groups is 1. The standard InChI is InChI=1S/C19H25N3O2/c1-18(15-3-2-4-20-10-15)11-22(17(23)21-18)16-13-5-12-6-14(16)9-19(24,7-12)8-13/h2-4,10,12-14,16,24H,5-9,11H2,1H3,(H,21,23). The van der Waals surface area contributed by atoms with Gasteiger partial charge in [0.2, 0.25) is 0 Å². The molecule has 4 aliphatic carbocycles. The first-order valence-corrected chi connectivity index (χ1v) is 9.17. The lowest BCUT2D eigenvalue weighted by molar-refractivity contribution is -0.152. The second-order valence-corrected chi connectivity index (χ2v) is 8.82. The number of hydrogen-bond acceptors (Lipinski definition) is 3. The molecule has 6 rings (SSSR count). The molecule has 5 nitrogen and oxygen atoms in total. The Bertz CT molecular complexity index is 662. The van der Waals surface area contributed by atoms with Crippen molar-refractivity contribution in [3.05, 3.63) is 30.1 Å². The molecule has 4 saturated carbocycles. The Morgan fingerprint density at radius 2 is 2.04 bits per heavy atom. The van der Waals surface area contributed by atoms with Crippen LogP contribution in [0.4, 0.5) is 4.79 Å². The number of rotatable bonds is 2. The minimum atomic E-state index is -0.449. The van der Waals surface area contributed by atoms with Gasteiger partial charge in [-0.05, 0) is 68.4 Å². The van der Waals surface area contributed by atoms with E-state index in [1.165, 1.54) is 12.8 Å². The van der Waals surface area contributed by atoms with E-state index in [-0.39, 0.29) is 11.6 Å². The lowest BCUT2D eigenvalue weighted by Crippen LogP contribution is -2.62. The molecule has 0 radical (unpaired) electrons. The normalized spacial score (nSPS) is 46.4. The Balaban J connectivity index is 1.43. The van der Waals surface area contributed by atoms with E-state index in [0.717, 1.165) is 24.8 Å². The molecule has 3 unspecified atom stereocenters. The van der Waals surface area contributed by atoms with Crippen LogP contribution in [0.25, 0.3) is 0 Å². The Morgan fingerprint density at radius 1 is 1.29 bits per heavy atom. The second kappa shape index (κ2) is 4.72. The Kier molecular flexibility index (Phi) is 2.89. The van der Waals surface area contributed by atoms with Gasteiger partial charge in [-0.15, -0.1) is 0 Å². The highest BCUT2D eigenvalue weighted by Gasteiger charge is 2.58. The highest BCUT2D eigenvalue weighted by Crippen LogP contribution is 2.57. The van der Waals surface area contributed by atoms with Crippen molar-refractivity contribution in [1.82, 2.24) is 15.2 Å². The summed E-state index contributed by atoms with van der Waals surface area (Å²) in [7, 11) is 0. The third-order valence-electron chi connectivity index (χ3n) is 6.98. The van der Waals surface area contributed by atoms with Crippen LogP contribution in [0, 0.1) is 17.8 Å². The van der Waals surface area contributed by atoms with Crippen molar-refractivity contribution in [2.45, 2.75) is 56.2 Å². The molecule has 3 atom stereocenters. The van der Waals surface area contributed by atoms with Crippen molar-refractivity contribution < 1.29 is 9.90 Å². The number of nitrogens with one attached hydrogen (secondary N) is 1. The van der Waals surface area contributed by atoms with E-state index in [1.54, 1.807) is 6.20 Å². The van der Waals surface area contributed by atoms with E-state index in [4.69, 9.17) is 0 Å². The first kappa shape index (κ1) is 14.7. The molecule has 128 valence electrons. The molecule has 5 heteroatoms. The van der Waals surface area contributed by atoms with Gasteiger partial charge in [0.25, 0.3) is 0 Å². The third kappa shape index (κ3) is 2.03. The molecule has 1 aliphatic heterocycles. The molecule has 4 bridgehead atoms. The fourth-order valence-corrected chi connectivity index (χ4v) is 6.32. The van der Waals surface area contributed by atoms with E-state index in [0.29, 0.717) is 30.3 Å². The van der Waals surface area contributed by atoms with E-state index < -0.39 is 5.60 Å². The quantitative estimate of drug-likeness (QED) is 0.876. The van der Waals surface area contributed by atoms with Crippen molar-refractivity contribution in [2.75, 3.05) is 6.54 Å². The average Bonchev–Trinajstić information content (AvgIpc) is 2.82. The van der Waals surface area contributed by atoms with Gasteiger partial charge in [-0.1, -0.05) is 6.07 Å². The summed E-state index contributed by atoms with van der Waals surface area (Å²) in [4.78, 5) is 19.1. The highest BCUT2D eigenvalue weighted by molar-refractivity contribution is 5.78. The fraction of sp³-hybridized carbons (Fsp3) is 0.684. The van der Waals surface area contributed by atoms with Crippen LogP contribution in [-0.2, 0) is 5.54 Å². The molecule has 5 aliphatic rings. The van der Waals surface area contributed by atoms with Crippen LogP contribution in [-0.4, -0.2) is 39.2 Å². The number of amides is 2. The van der Waals surface area contributed by atoms with Crippen LogP contribution in [0.5, 0.6) is 0 Å². The predicted molar refractivity (Wildman–Crippen MR) is 89.1 cm³/mol. The van der Waals surface area contributed by atoms with E-state index in [2.05, 4.69) is 22.1 Å². The maximum absolute atomic E-state index is 12.8. The largest absolute Gasteiger partial charge is 0.390 e. The van der Waals surface area contributed by atoms with E-state index in [9.17, 15) is 9.90 Å². The van der Waals surface area contributed by atoms with Gasteiger partial charge in [0.05, 0.1) is 11.1 Å². The molecule has 1 aromatic rings. The Morgan fingerprint density at radius 3 is 2.67 bits per heavy atom. The third-order valence-corrected chi connectivity index (χ3v) is 6.98. The predicted octanol–water partition coefficient (Wildman–Crippen LogP) is 2.26. The number of carbonyl (C=O) groups excluding carboxylic acids is 1. The van der Waals surface area contributed by atoms with E-state index in [1.807, 2.05) is 18.3 Å². The zero-order valence-electron chi connectivity index (χ0n) is 14.1. The number of aromatic nitrogens is 1. The summed E-state index contributed by atoms with van der Waals surface area (Å²) in [5.74, 6) is 1.59. The van der Waals surface area contributed by atoms with Crippen LogP contribution >= 0.6 is 0 Å². The summed E-state index contributed by atoms with van der Waals surface area (Å²) in [6.45, 7) is 2.78. The molecule has 0 spiro atoms. The van der Waals surface area contributed by atoms with Crippen LogP contribution in [0.15, 0.2) is 24.5 Å². The summed E-state index contributed by atoms with van der Waals surface area (Å²) in [6.07, 6.45) is 8.69. The van der Waals surface area contributed by atoms with Gasteiger partial charge in [0.15, 0.2) is 0 Å². The lowest BCUT2D eigenvalue weighted by atomic mass is 9.52. The number of hydrogen-bond donors (Lipinski definition) is 2. The van der Waals surface area contributed by atoms with Crippen LogP contribution in [0.1, 0.15) is 44.6 Å². The van der Waals surface area contributed by atoms with Crippen molar-refractivity contribution >= 4 is 6.03 Å². The lowest BCUT2D eigenvalue weighted by Gasteiger charge is -2.59. The molecular weight excluding hydrogens is 302 g/mol. The van der Waals surface area contributed by atoms with Gasteiger partial charge in [-0.25, -0.2) is 4.79 Å². The number of pyridine rings is 1. The molecule has 2 heterocycles. The summed E-state index contributed by atoms with van der Waals surface area (Å²) < 4.78 is 0. The number of urea groups is 1. The summed E-state index contributed by atoms with van der Waals surface area (Å²) >= 11 is 0. The van der Waals surface area contributed by atoms with E-state index >= 15 is 0 Å². The van der Waals surface area contributed by atoms with Crippen molar-refractivity contribution in [3.8, 4) is 0 Å². The maximum Gasteiger partial charge on any atom is 0.318 e. The van der Waals surface area contributed by atoms with Crippen LogP contribution in [0.2, 0.25) is 0 Å². The zero-order chi connectivity index (χ0) is 16.5. The number of nitrogens with zero attached hydrogens (tertiary/aromatic N) is 2. The van der Waals surface area contributed by atoms with Crippen LogP contribution in [0.3, 0.4) is 0 Å². The van der Waals surface area contributed by atoms with Gasteiger partial charge in [-0.3, -0.25) is 4.98 Å². The van der Waals surface area contributed by atoms with Crippen LogP contribution < -0.4 is 5.32 Å². The second-order valence-electron chi connectivity index (χ2n) is 8.82. The van der Waals surface area contributed by atoms with Gasteiger partial charge in [0, 0.05) is 25.0 Å². The molecule has 5 fully saturated rings. The maximum atomic E-state index is 12.8. The molecule has 0 aromatic carbocycles. The van der Waals surface area contributed by atoms with Gasteiger partial charge >= 0.3 is 6.03 Å². The van der Waals surface area contributed by atoms with Gasteiger partial charge in [-0.2, -0.15) is 0 Å². The topological polar surface area (TPSA) is 65.5 Å². The molecule has 2 N–H and O–H groups in total. The molecule has 1 saturated heterocycles. The SMILES string of the molecule is CC1(c2cccnc2)CN(C2C3CC4CC2CC(O)(C4)C3)C(=O)N1. The smallest absolute Gasteiger partial charge is 0.318 e. The molecule has 24 heavy (non-hydrogen) atoms. The summed E-state index contributed by atoms with van der Waals surface area (Å²) in [6, 6.07) is 4.30. The van der Waals surface area contributed by atoms with Crippen molar-refractivity contribution in [2.24, 2.45) is 17.8 Å². The Hall–Kier alpha value is -1.62. The summed E-state index contributed by atoms with van der Waals surface area (Å²) in [5, 5.41) is 14.0.